The molecule has 152 valence electrons. The summed E-state index contributed by atoms with van der Waals surface area (Å²) in [7, 11) is 1.94. The van der Waals surface area contributed by atoms with Crippen LogP contribution >= 0.6 is 0 Å². The fraction of sp³-hybridized carbons (Fsp3) is 0.455. The summed E-state index contributed by atoms with van der Waals surface area (Å²) in [5.41, 5.74) is 6.22. The van der Waals surface area contributed by atoms with Crippen molar-refractivity contribution in [3.05, 3.63) is 47.8 Å². The first-order valence-corrected chi connectivity index (χ1v) is 10.4. The molecule has 5 rings (SSSR count). The van der Waals surface area contributed by atoms with Gasteiger partial charge in [-0.1, -0.05) is 13.0 Å². The van der Waals surface area contributed by atoms with E-state index in [0.717, 1.165) is 43.8 Å². The topological polar surface area (TPSA) is 69.5 Å². The molecule has 0 amide bonds. The van der Waals surface area contributed by atoms with Crippen molar-refractivity contribution in [2.24, 2.45) is 7.05 Å². The van der Waals surface area contributed by atoms with Crippen LogP contribution in [-0.4, -0.2) is 58.7 Å². The van der Waals surface area contributed by atoms with E-state index in [2.05, 4.69) is 56.4 Å². The first-order valence-electron chi connectivity index (χ1n) is 10.4. The van der Waals surface area contributed by atoms with Crippen molar-refractivity contribution in [2.75, 3.05) is 42.6 Å². The molecule has 1 fully saturated rings. The summed E-state index contributed by atoms with van der Waals surface area (Å²) in [6, 6.07) is 9.14. The van der Waals surface area contributed by atoms with Crippen LogP contribution in [-0.2, 0) is 13.6 Å². The van der Waals surface area contributed by atoms with Crippen LogP contribution < -0.4 is 15.1 Å². The number of aliphatic hydroxyl groups excluding tert-OH is 1. The number of nitrogens with zero attached hydrogens (tertiary/aromatic N) is 5. The highest BCUT2D eigenvalue weighted by Crippen LogP contribution is 2.36. The summed E-state index contributed by atoms with van der Waals surface area (Å²) in [4.78, 5) is 9.32. The Balaban J connectivity index is 1.43. The monoisotopic (exact) mass is 392 g/mol. The number of piperazine rings is 1. The maximum absolute atomic E-state index is 9.50. The third kappa shape index (κ3) is 3.24. The molecule has 7 heteroatoms. The van der Waals surface area contributed by atoms with Crippen LogP contribution in [0.15, 0.2) is 36.7 Å². The lowest BCUT2D eigenvalue weighted by Crippen LogP contribution is -2.52. The lowest BCUT2D eigenvalue weighted by molar-refractivity contribution is 0.235. The number of aromatic nitrogens is 3. The number of pyridine rings is 1. The number of aliphatic hydroxyl groups is 1. The van der Waals surface area contributed by atoms with Gasteiger partial charge in [-0.15, -0.1) is 0 Å². The zero-order valence-corrected chi connectivity index (χ0v) is 17.0. The highest BCUT2D eigenvalue weighted by atomic mass is 16.3. The SMILES string of the molecule is C[C@H]1CN(c2ccnc3c2cnn3C)Cc2ccc(N3CCNC(CO)C3)cc21. The van der Waals surface area contributed by atoms with Crippen molar-refractivity contribution >= 4 is 22.4 Å². The molecule has 0 spiro atoms. The molecular formula is C22H28N6O. The molecule has 2 atom stereocenters. The third-order valence-corrected chi connectivity index (χ3v) is 6.31. The lowest BCUT2D eigenvalue weighted by atomic mass is 9.90. The second-order valence-electron chi connectivity index (χ2n) is 8.28. The summed E-state index contributed by atoms with van der Waals surface area (Å²) >= 11 is 0. The van der Waals surface area contributed by atoms with Crippen molar-refractivity contribution in [3.8, 4) is 0 Å². The zero-order valence-electron chi connectivity index (χ0n) is 17.0. The summed E-state index contributed by atoms with van der Waals surface area (Å²) in [6.45, 7) is 7.11. The van der Waals surface area contributed by atoms with Gasteiger partial charge in [-0.05, 0) is 35.2 Å². The van der Waals surface area contributed by atoms with Gasteiger partial charge in [0.15, 0.2) is 5.65 Å². The molecule has 4 heterocycles. The maximum Gasteiger partial charge on any atom is 0.159 e. The van der Waals surface area contributed by atoms with Gasteiger partial charge < -0.3 is 20.2 Å². The van der Waals surface area contributed by atoms with Crippen molar-refractivity contribution in [2.45, 2.75) is 25.4 Å². The normalized spacial score (nSPS) is 22.2. The van der Waals surface area contributed by atoms with Gasteiger partial charge in [-0.25, -0.2) is 4.98 Å². The number of benzene rings is 1. The molecule has 2 aliphatic heterocycles. The zero-order chi connectivity index (χ0) is 20.0. The Kier molecular flexibility index (Phi) is 4.64. The van der Waals surface area contributed by atoms with Gasteiger partial charge in [0.05, 0.1) is 23.9 Å². The molecule has 3 aromatic rings. The third-order valence-electron chi connectivity index (χ3n) is 6.31. The Morgan fingerprint density at radius 3 is 2.97 bits per heavy atom. The molecule has 0 radical (unpaired) electrons. The van der Waals surface area contributed by atoms with Crippen LogP contribution in [0.4, 0.5) is 11.4 Å². The van der Waals surface area contributed by atoms with E-state index in [1.807, 2.05) is 24.1 Å². The number of aryl methyl sites for hydroxylation is 1. The second kappa shape index (κ2) is 7.31. The van der Waals surface area contributed by atoms with Crippen LogP contribution in [0, 0.1) is 0 Å². The molecule has 2 N–H and O–H groups in total. The highest BCUT2D eigenvalue weighted by molar-refractivity contribution is 5.89. The molecule has 2 aliphatic rings. The average Bonchev–Trinajstić information content (AvgIpc) is 3.14. The molecule has 2 aromatic heterocycles. The van der Waals surface area contributed by atoms with Crippen LogP contribution in [0.3, 0.4) is 0 Å². The number of hydrogen-bond donors (Lipinski definition) is 2. The van der Waals surface area contributed by atoms with Crippen LogP contribution in [0.25, 0.3) is 11.0 Å². The lowest BCUT2D eigenvalue weighted by Gasteiger charge is -2.38. The Morgan fingerprint density at radius 2 is 2.10 bits per heavy atom. The van der Waals surface area contributed by atoms with Gasteiger partial charge in [0, 0.05) is 57.7 Å². The Labute approximate surface area is 170 Å². The van der Waals surface area contributed by atoms with Gasteiger partial charge in [0.1, 0.15) is 0 Å². The fourth-order valence-corrected chi connectivity index (χ4v) is 4.76. The first-order chi connectivity index (χ1) is 14.1. The molecule has 7 nitrogen and oxygen atoms in total. The standard InChI is InChI=1S/C22H28N6O/c1-15-11-28(21-5-6-24-22-20(21)10-25-26(22)2)12-16-3-4-18(9-19(15)16)27-8-7-23-17(13-27)14-29/h3-6,9-10,15,17,23,29H,7-8,11-14H2,1-2H3/t15-,17?/m0/s1. The molecule has 0 aliphatic carbocycles. The largest absolute Gasteiger partial charge is 0.395 e. The number of fused-ring (bicyclic) bond motifs is 2. The van der Waals surface area contributed by atoms with Crippen molar-refractivity contribution in [1.82, 2.24) is 20.1 Å². The minimum Gasteiger partial charge on any atom is -0.395 e. The molecule has 1 unspecified atom stereocenters. The van der Waals surface area contributed by atoms with Crippen molar-refractivity contribution in [1.29, 1.82) is 0 Å². The summed E-state index contributed by atoms with van der Waals surface area (Å²) < 4.78 is 1.83. The summed E-state index contributed by atoms with van der Waals surface area (Å²) in [6.07, 6.45) is 3.80. The quantitative estimate of drug-likeness (QED) is 0.709. The summed E-state index contributed by atoms with van der Waals surface area (Å²) in [5.74, 6) is 0.440. The first kappa shape index (κ1) is 18.4. The number of rotatable bonds is 3. The smallest absolute Gasteiger partial charge is 0.159 e. The Morgan fingerprint density at radius 1 is 1.21 bits per heavy atom. The van der Waals surface area contributed by atoms with Gasteiger partial charge in [0.25, 0.3) is 0 Å². The van der Waals surface area contributed by atoms with Gasteiger partial charge >= 0.3 is 0 Å². The van der Waals surface area contributed by atoms with Gasteiger partial charge in [0.2, 0.25) is 0 Å². The molecule has 0 saturated carbocycles. The Hall–Kier alpha value is -2.64. The van der Waals surface area contributed by atoms with E-state index in [-0.39, 0.29) is 12.6 Å². The minimum absolute atomic E-state index is 0.154. The predicted molar refractivity (Wildman–Crippen MR) is 116 cm³/mol. The molecule has 0 bridgehead atoms. The predicted octanol–water partition coefficient (Wildman–Crippen LogP) is 1.86. The second-order valence-corrected chi connectivity index (χ2v) is 8.28. The van der Waals surface area contributed by atoms with E-state index < -0.39 is 0 Å². The Bertz CT molecular complexity index is 1030. The number of hydrogen-bond acceptors (Lipinski definition) is 6. The van der Waals surface area contributed by atoms with Crippen LogP contribution in [0.2, 0.25) is 0 Å². The maximum atomic E-state index is 9.50. The van der Waals surface area contributed by atoms with Gasteiger partial charge in [-0.3, -0.25) is 4.68 Å². The van der Waals surface area contributed by atoms with E-state index >= 15 is 0 Å². The van der Waals surface area contributed by atoms with Crippen LogP contribution in [0.5, 0.6) is 0 Å². The van der Waals surface area contributed by atoms with Crippen molar-refractivity contribution in [3.63, 3.8) is 0 Å². The average molecular weight is 393 g/mol. The molecule has 1 aromatic carbocycles. The van der Waals surface area contributed by atoms with E-state index in [1.54, 1.807) is 0 Å². The number of anilines is 2. The molecular weight excluding hydrogens is 364 g/mol. The summed E-state index contributed by atoms with van der Waals surface area (Å²) in [5, 5.41) is 18.4. The van der Waals surface area contributed by atoms with Gasteiger partial charge in [-0.2, -0.15) is 5.10 Å². The molecule has 29 heavy (non-hydrogen) atoms. The van der Waals surface area contributed by atoms with E-state index in [9.17, 15) is 5.11 Å². The van der Waals surface area contributed by atoms with E-state index in [0.29, 0.717) is 5.92 Å². The molecule has 1 saturated heterocycles. The van der Waals surface area contributed by atoms with E-state index in [4.69, 9.17) is 0 Å². The highest BCUT2D eigenvalue weighted by Gasteiger charge is 2.26. The fourth-order valence-electron chi connectivity index (χ4n) is 4.76. The van der Waals surface area contributed by atoms with E-state index in [1.165, 1.54) is 22.5 Å². The van der Waals surface area contributed by atoms with Crippen LogP contribution in [0.1, 0.15) is 24.0 Å². The van der Waals surface area contributed by atoms with Crippen molar-refractivity contribution < 1.29 is 5.11 Å². The number of nitrogens with one attached hydrogen (secondary N) is 1. The minimum atomic E-state index is 0.154.